The number of benzene rings is 1. The van der Waals surface area contributed by atoms with Crippen molar-refractivity contribution < 1.29 is 9.47 Å². The van der Waals surface area contributed by atoms with E-state index in [1.807, 2.05) is 24.3 Å². The zero-order chi connectivity index (χ0) is 14.6. The first-order valence-electron chi connectivity index (χ1n) is 7.50. The van der Waals surface area contributed by atoms with Crippen molar-refractivity contribution in [2.45, 2.75) is 20.3 Å². The van der Waals surface area contributed by atoms with Crippen molar-refractivity contribution in [3.8, 4) is 11.5 Å². The summed E-state index contributed by atoms with van der Waals surface area (Å²) < 4.78 is 11.0. The summed E-state index contributed by atoms with van der Waals surface area (Å²) in [6.45, 7) is 10.3. The number of hydrogen-bond acceptors (Lipinski definition) is 4. The Kier molecular flexibility index (Phi) is 8.83. The number of nitrogens with zero attached hydrogens (tertiary/aromatic N) is 1. The van der Waals surface area contributed by atoms with E-state index >= 15 is 0 Å². The average molecular weight is 280 g/mol. The molecule has 0 fully saturated rings. The second-order valence-corrected chi connectivity index (χ2v) is 4.68. The van der Waals surface area contributed by atoms with Gasteiger partial charge in [-0.1, -0.05) is 26.0 Å². The molecule has 0 aliphatic rings. The summed E-state index contributed by atoms with van der Waals surface area (Å²) in [4.78, 5) is 2.45. The summed E-state index contributed by atoms with van der Waals surface area (Å²) in [6, 6.07) is 7.73. The van der Waals surface area contributed by atoms with Gasteiger partial charge in [-0.15, -0.1) is 0 Å². The summed E-state index contributed by atoms with van der Waals surface area (Å²) in [5.41, 5.74) is 0. The van der Waals surface area contributed by atoms with E-state index in [4.69, 9.17) is 9.47 Å². The molecule has 0 spiro atoms. The first kappa shape index (κ1) is 16.8. The van der Waals surface area contributed by atoms with Crippen molar-refractivity contribution in [2.75, 3.05) is 46.4 Å². The normalized spacial score (nSPS) is 10.8. The molecular weight excluding hydrogens is 252 g/mol. The van der Waals surface area contributed by atoms with Crippen LogP contribution in [-0.2, 0) is 0 Å². The van der Waals surface area contributed by atoms with Crippen LogP contribution in [0, 0.1) is 0 Å². The molecule has 0 saturated carbocycles. The highest BCUT2D eigenvalue weighted by molar-refractivity contribution is 5.39. The largest absolute Gasteiger partial charge is 0.493 e. The van der Waals surface area contributed by atoms with Gasteiger partial charge in [-0.2, -0.15) is 0 Å². The lowest BCUT2D eigenvalue weighted by Crippen LogP contribution is -2.34. The predicted molar refractivity (Wildman–Crippen MR) is 83.8 cm³/mol. The number of para-hydroxylation sites is 2. The molecule has 4 heteroatoms. The third kappa shape index (κ3) is 6.26. The first-order chi connectivity index (χ1) is 9.81. The van der Waals surface area contributed by atoms with Crippen LogP contribution in [-0.4, -0.2) is 51.3 Å². The molecule has 0 bridgehead atoms. The lowest BCUT2D eigenvalue weighted by molar-refractivity contribution is 0.271. The van der Waals surface area contributed by atoms with E-state index in [1.54, 1.807) is 7.11 Å². The highest BCUT2D eigenvalue weighted by atomic mass is 16.5. The molecule has 0 saturated heterocycles. The summed E-state index contributed by atoms with van der Waals surface area (Å²) >= 11 is 0. The highest BCUT2D eigenvalue weighted by Gasteiger charge is 2.02. The Balaban J connectivity index is 2.13. The maximum absolute atomic E-state index is 5.71. The number of rotatable bonds is 11. The molecule has 0 amide bonds. The van der Waals surface area contributed by atoms with Crippen LogP contribution in [0.25, 0.3) is 0 Å². The minimum Gasteiger partial charge on any atom is -0.493 e. The van der Waals surface area contributed by atoms with Crippen molar-refractivity contribution >= 4 is 0 Å². The molecule has 0 atom stereocenters. The fourth-order valence-corrected chi connectivity index (χ4v) is 2.08. The van der Waals surface area contributed by atoms with Crippen LogP contribution in [0.15, 0.2) is 24.3 Å². The van der Waals surface area contributed by atoms with E-state index in [0.29, 0.717) is 6.61 Å². The van der Waals surface area contributed by atoms with Crippen LogP contribution in [0.5, 0.6) is 11.5 Å². The van der Waals surface area contributed by atoms with Gasteiger partial charge in [0.05, 0.1) is 7.11 Å². The number of methoxy groups -OCH3 is 1. The number of ether oxygens (including phenoxy) is 2. The van der Waals surface area contributed by atoms with E-state index in [1.165, 1.54) is 13.0 Å². The topological polar surface area (TPSA) is 33.7 Å². The van der Waals surface area contributed by atoms with Crippen molar-refractivity contribution in [1.82, 2.24) is 10.2 Å². The van der Waals surface area contributed by atoms with E-state index in [9.17, 15) is 0 Å². The van der Waals surface area contributed by atoms with Gasteiger partial charge < -0.3 is 19.7 Å². The molecule has 0 radical (unpaired) electrons. The fourth-order valence-electron chi connectivity index (χ4n) is 2.08. The van der Waals surface area contributed by atoms with E-state index in [-0.39, 0.29) is 0 Å². The van der Waals surface area contributed by atoms with E-state index in [0.717, 1.165) is 37.7 Å². The molecule has 1 N–H and O–H groups in total. The fraction of sp³-hybridized carbons (Fsp3) is 0.625. The van der Waals surface area contributed by atoms with Crippen LogP contribution in [0.1, 0.15) is 20.3 Å². The van der Waals surface area contributed by atoms with Gasteiger partial charge >= 0.3 is 0 Å². The SMILES string of the molecule is CCCN(CC)CCNCCOc1ccccc1OC. The maximum Gasteiger partial charge on any atom is 0.161 e. The summed E-state index contributed by atoms with van der Waals surface area (Å²) in [6.07, 6.45) is 1.21. The molecule has 1 rings (SSSR count). The second kappa shape index (κ2) is 10.5. The van der Waals surface area contributed by atoms with Crippen molar-refractivity contribution in [2.24, 2.45) is 0 Å². The van der Waals surface area contributed by atoms with Crippen molar-refractivity contribution in [3.05, 3.63) is 24.3 Å². The van der Waals surface area contributed by atoms with Crippen LogP contribution in [0.4, 0.5) is 0 Å². The van der Waals surface area contributed by atoms with Gasteiger partial charge in [0.25, 0.3) is 0 Å². The Labute approximate surface area is 123 Å². The number of likely N-dealkylation sites (N-methyl/N-ethyl adjacent to an activating group) is 1. The van der Waals surface area contributed by atoms with Gasteiger partial charge in [0.1, 0.15) is 6.61 Å². The lowest BCUT2D eigenvalue weighted by Gasteiger charge is -2.19. The zero-order valence-corrected chi connectivity index (χ0v) is 13.0. The molecule has 0 unspecified atom stereocenters. The van der Waals surface area contributed by atoms with E-state index < -0.39 is 0 Å². The predicted octanol–water partition coefficient (Wildman–Crippen LogP) is 2.40. The minimum atomic E-state index is 0.653. The monoisotopic (exact) mass is 280 g/mol. The van der Waals surface area contributed by atoms with Gasteiger partial charge in [0.2, 0.25) is 0 Å². The van der Waals surface area contributed by atoms with Crippen LogP contribution < -0.4 is 14.8 Å². The molecule has 0 heterocycles. The van der Waals surface area contributed by atoms with Gasteiger partial charge in [0, 0.05) is 19.6 Å². The van der Waals surface area contributed by atoms with Gasteiger partial charge in [-0.3, -0.25) is 0 Å². The Morgan fingerprint density at radius 2 is 1.80 bits per heavy atom. The Morgan fingerprint density at radius 3 is 2.45 bits per heavy atom. The average Bonchev–Trinajstić information content (AvgIpc) is 2.49. The molecular formula is C16H28N2O2. The smallest absolute Gasteiger partial charge is 0.161 e. The number of hydrogen-bond donors (Lipinski definition) is 1. The van der Waals surface area contributed by atoms with Crippen molar-refractivity contribution in [3.63, 3.8) is 0 Å². The third-order valence-corrected chi connectivity index (χ3v) is 3.20. The molecule has 1 aromatic carbocycles. The van der Waals surface area contributed by atoms with Gasteiger partial charge in [-0.05, 0) is 31.6 Å². The summed E-state index contributed by atoms with van der Waals surface area (Å²) in [7, 11) is 1.66. The molecule has 0 aliphatic carbocycles. The van der Waals surface area contributed by atoms with E-state index in [2.05, 4.69) is 24.1 Å². The van der Waals surface area contributed by atoms with Crippen LogP contribution in [0.3, 0.4) is 0 Å². The summed E-state index contributed by atoms with van der Waals surface area (Å²) in [5, 5.41) is 3.41. The van der Waals surface area contributed by atoms with Crippen LogP contribution >= 0.6 is 0 Å². The first-order valence-corrected chi connectivity index (χ1v) is 7.50. The molecule has 20 heavy (non-hydrogen) atoms. The minimum absolute atomic E-state index is 0.653. The Hall–Kier alpha value is -1.26. The second-order valence-electron chi connectivity index (χ2n) is 4.68. The van der Waals surface area contributed by atoms with Crippen LogP contribution in [0.2, 0.25) is 0 Å². The highest BCUT2D eigenvalue weighted by Crippen LogP contribution is 2.25. The van der Waals surface area contributed by atoms with Gasteiger partial charge in [0.15, 0.2) is 11.5 Å². The molecule has 114 valence electrons. The Bertz CT molecular complexity index is 358. The third-order valence-electron chi connectivity index (χ3n) is 3.20. The standard InChI is InChI=1S/C16H28N2O2/c1-4-12-18(5-2)13-10-17-11-14-20-16-9-7-6-8-15(16)19-3/h6-9,17H,4-5,10-14H2,1-3H3. The lowest BCUT2D eigenvalue weighted by atomic mass is 10.3. The molecule has 0 aromatic heterocycles. The number of nitrogens with one attached hydrogen (secondary N) is 1. The van der Waals surface area contributed by atoms with Crippen molar-refractivity contribution in [1.29, 1.82) is 0 Å². The quantitative estimate of drug-likeness (QED) is 0.631. The zero-order valence-electron chi connectivity index (χ0n) is 13.0. The summed E-state index contributed by atoms with van der Waals surface area (Å²) in [5.74, 6) is 1.59. The Morgan fingerprint density at radius 1 is 1.05 bits per heavy atom. The molecule has 4 nitrogen and oxygen atoms in total. The molecule has 0 aliphatic heterocycles. The molecule has 1 aromatic rings. The van der Waals surface area contributed by atoms with Gasteiger partial charge in [-0.25, -0.2) is 0 Å². The maximum atomic E-state index is 5.71.